The average molecular weight is 386 g/mol. The highest BCUT2D eigenvalue weighted by molar-refractivity contribution is 9.10. The van der Waals surface area contributed by atoms with Crippen LogP contribution in [-0.2, 0) is 4.74 Å². The molecule has 0 bridgehead atoms. The van der Waals surface area contributed by atoms with Crippen LogP contribution in [0.3, 0.4) is 0 Å². The minimum absolute atomic E-state index is 0.0879. The molecule has 1 aromatic rings. The SMILES string of the molecule is Cc1cc(NC(CN)CCNC(=O)OC(C)(C)C)cc(C)c1Br. The molecular weight excluding hydrogens is 358 g/mol. The van der Waals surface area contributed by atoms with E-state index in [1.807, 2.05) is 20.8 Å². The van der Waals surface area contributed by atoms with Crippen LogP contribution in [0.1, 0.15) is 38.3 Å². The van der Waals surface area contributed by atoms with Gasteiger partial charge in [-0.15, -0.1) is 0 Å². The highest BCUT2D eigenvalue weighted by atomic mass is 79.9. The van der Waals surface area contributed by atoms with Gasteiger partial charge in [0.25, 0.3) is 0 Å². The second-order valence-electron chi connectivity index (χ2n) is 6.72. The third-order valence-corrected chi connectivity index (χ3v) is 4.50. The van der Waals surface area contributed by atoms with Gasteiger partial charge in [-0.2, -0.15) is 0 Å². The molecule has 0 saturated heterocycles. The van der Waals surface area contributed by atoms with Gasteiger partial charge in [0.15, 0.2) is 0 Å². The molecule has 1 unspecified atom stereocenters. The second kappa shape index (κ2) is 8.55. The number of halogens is 1. The third-order valence-electron chi connectivity index (χ3n) is 3.25. The van der Waals surface area contributed by atoms with Crippen LogP contribution in [0, 0.1) is 13.8 Å². The Morgan fingerprint density at radius 3 is 2.35 bits per heavy atom. The number of nitrogens with one attached hydrogen (secondary N) is 2. The van der Waals surface area contributed by atoms with Crippen LogP contribution in [0.25, 0.3) is 0 Å². The molecule has 5 nitrogen and oxygen atoms in total. The standard InChI is InChI=1S/C17H28BrN3O2/c1-11-8-14(9-12(2)15(11)18)21-13(10-19)6-7-20-16(22)23-17(3,4)5/h8-9,13,21H,6-7,10,19H2,1-5H3,(H,20,22). The number of benzene rings is 1. The number of alkyl carbamates (subject to hydrolysis) is 1. The summed E-state index contributed by atoms with van der Waals surface area (Å²) in [6.45, 7) is 10.6. The van der Waals surface area contributed by atoms with E-state index in [0.717, 1.165) is 16.6 Å². The maximum Gasteiger partial charge on any atom is 0.407 e. The zero-order valence-electron chi connectivity index (χ0n) is 14.6. The summed E-state index contributed by atoms with van der Waals surface area (Å²) < 4.78 is 6.33. The zero-order chi connectivity index (χ0) is 17.6. The Morgan fingerprint density at radius 1 is 1.30 bits per heavy atom. The number of nitrogens with two attached hydrogens (primary N) is 1. The first-order valence-electron chi connectivity index (χ1n) is 7.82. The maximum atomic E-state index is 11.6. The number of anilines is 1. The van der Waals surface area contributed by atoms with Crippen LogP contribution in [0.4, 0.5) is 10.5 Å². The number of hydrogen-bond donors (Lipinski definition) is 3. The predicted octanol–water partition coefficient (Wildman–Crippen LogP) is 3.72. The van der Waals surface area contributed by atoms with E-state index in [-0.39, 0.29) is 6.04 Å². The van der Waals surface area contributed by atoms with Gasteiger partial charge in [-0.3, -0.25) is 0 Å². The second-order valence-corrected chi connectivity index (χ2v) is 7.51. The molecule has 0 spiro atoms. The largest absolute Gasteiger partial charge is 0.444 e. The lowest BCUT2D eigenvalue weighted by Gasteiger charge is -2.22. The summed E-state index contributed by atoms with van der Waals surface area (Å²) >= 11 is 3.56. The summed E-state index contributed by atoms with van der Waals surface area (Å²) in [7, 11) is 0. The van der Waals surface area contributed by atoms with Crippen molar-refractivity contribution in [2.24, 2.45) is 5.73 Å². The van der Waals surface area contributed by atoms with Crippen molar-refractivity contribution in [3.63, 3.8) is 0 Å². The lowest BCUT2D eigenvalue weighted by Crippen LogP contribution is -2.37. The van der Waals surface area contributed by atoms with Crippen molar-refractivity contribution in [2.75, 3.05) is 18.4 Å². The first kappa shape index (κ1) is 19.8. The van der Waals surface area contributed by atoms with Crippen molar-refractivity contribution in [1.29, 1.82) is 0 Å². The number of ether oxygens (including phenoxy) is 1. The molecule has 4 N–H and O–H groups in total. The highest BCUT2D eigenvalue weighted by Gasteiger charge is 2.16. The molecule has 23 heavy (non-hydrogen) atoms. The highest BCUT2D eigenvalue weighted by Crippen LogP contribution is 2.25. The monoisotopic (exact) mass is 385 g/mol. The van der Waals surface area contributed by atoms with E-state index in [1.165, 1.54) is 11.1 Å². The summed E-state index contributed by atoms with van der Waals surface area (Å²) in [4.78, 5) is 11.6. The molecule has 0 aliphatic heterocycles. The number of aryl methyl sites for hydroxylation is 2. The van der Waals surface area contributed by atoms with Gasteiger partial charge in [-0.1, -0.05) is 15.9 Å². The van der Waals surface area contributed by atoms with E-state index in [2.05, 4.69) is 52.5 Å². The van der Waals surface area contributed by atoms with Crippen LogP contribution in [0.2, 0.25) is 0 Å². The molecule has 0 aliphatic carbocycles. The Hall–Kier alpha value is -1.27. The lowest BCUT2D eigenvalue weighted by molar-refractivity contribution is 0.0527. The number of carbonyl (C=O) groups is 1. The fraction of sp³-hybridized carbons (Fsp3) is 0.588. The fourth-order valence-electron chi connectivity index (χ4n) is 2.18. The van der Waals surface area contributed by atoms with Crippen molar-refractivity contribution in [2.45, 2.75) is 52.7 Å². The summed E-state index contributed by atoms with van der Waals surface area (Å²) in [5.41, 5.74) is 8.74. The molecule has 6 heteroatoms. The van der Waals surface area contributed by atoms with Gasteiger partial charge in [0.1, 0.15) is 5.60 Å². The summed E-state index contributed by atoms with van der Waals surface area (Å²) in [6.07, 6.45) is 0.327. The van der Waals surface area contributed by atoms with Crippen LogP contribution in [-0.4, -0.2) is 30.8 Å². The Balaban J connectivity index is 2.51. The third kappa shape index (κ3) is 7.22. The molecule has 1 atom stereocenters. The van der Waals surface area contributed by atoms with Gasteiger partial charge in [0.2, 0.25) is 0 Å². The minimum Gasteiger partial charge on any atom is -0.444 e. The van der Waals surface area contributed by atoms with Crippen molar-refractivity contribution >= 4 is 27.7 Å². The van der Waals surface area contributed by atoms with E-state index in [1.54, 1.807) is 0 Å². The van der Waals surface area contributed by atoms with Gasteiger partial charge in [-0.25, -0.2) is 4.79 Å². The van der Waals surface area contributed by atoms with Crippen LogP contribution >= 0.6 is 15.9 Å². The van der Waals surface area contributed by atoms with E-state index >= 15 is 0 Å². The molecule has 1 aromatic carbocycles. The molecular formula is C17H28BrN3O2. The molecule has 130 valence electrons. The van der Waals surface area contributed by atoms with Crippen molar-refractivity contribution in [1.82, 2.24) is 5.32 Å². The summed E-state index contributed by atoms with van der Waals surface area (Å²) in [5, 5.41) is 6.18. The van der Waals surface area contributed by atoms with Gasteiger partial charge in [-0.05, 0) is 64.3 Å². The minimum atomic E-state index is -0.484. The Bertz CT molecular complexity index is 518. The average Bonchev–Trinajstić information content (AvgIpc) is 2.41. The number of amides is 1. The maximum absolute atomic E-state index is 11.6. The lowest BCUT2D eigenvalue weighted by atomic mass is 10.1. The van der Waals surface area contributed by atoms with E-state index in [4.69, 9.17) is 10.5 Å². The summed E-state index contributed by atoms with van der Waals surface area (Å²) in [5.74, 6) is 0. The Morgan fingerprint density at radius 2 is 1.87 bits per heavy atom. The molecule has 0 aromatic heterocycles. The van der Waals surface area contributed by atoms with Crippen molar-refractivity contribution < 1.29 is 9.53 Å². The van der Waals surface area contributed by atoms with E-state index < -0.39 is 11.7 Å². The molecule has 1 rings (SSSR count). The molecule has 0 fully saturated rings. The molecule has 0 radical (unpaired) electrons. The smallest absolute Gasteiger partial charge is 0.407 e. The fourth-order valence-corrected chi connectivity index (χ4v) is 2.41. The quantitative estimate of drug-likeness (QED) is 0.697. The van der Waals surface area contributed by atoms with Crippen molar-refractivity contribution in [3.8, 4) is 0 Å². The normalized spacial score (nSPS) is 12.7. The zero-order valence-corrected chi connectivity index (χ0v) is 16.2. The molecule has 0 saturated carbocycles. The molecule has 0 aliphatic rings. The molecule has 1 amide bonds. The summed E-state index contributed by atoms with van der Waals surface area (Å²) in [6, 6.07) is 4.26. The van der Waals surface area contributed by atoms with E-state index in [9.17, 15) is 4.79 Å². The van der Waals surface area contributed by atoms with Crippen LogP contribution in [0.15, 0.2) is 16.6 Å². The number of rotatable bonds is 6. The van der Waals surface area contributed by atoms with Crippen LogP contribution in [0.5, 0.6) is 0 Å². The van der Waals surface area contributed by atoms with E-state index in [0.29, 0.717) is 13.1 Å². The number of carbonyl (C=O) groups excluding carboxylic acids is 1. The van der Waals surface area contributed by atoms with Crippen molar-refractivity contribution in [3.05, 3.63) is 27.7 Å². The Kier molecular flexibility index (Phi) is 7.35. The van der Waals surface area contributed by atoms with Gasteiger partial charge in [0.05, 0.1) is 0 Å². The van der Waals surface area contributed by atoms with Gasteiger partial charge < -0.3 is 21.1 Å². The Labute approximate surface area is 147 Å². The first-order valence-corrected chi connectivity index (χ1v) is 8.62. The predicted molar refractivity (Wildman–Crippen MR) is 98.9 cm³/mol. The number of hydrogen-bond acceptors (Lipinski definition) is 4. The molecule has 0 heterocycles. The van der Waals surface area contributed by atoms with Gasteiger partial charge >= 0.3 is 6.09 Å². The van der Waals surface area contributed by atoms with Crippen LogP contribution < -0.4 is 16.4 Å². The van der Waals surface area contributed by atoms with Gasteiger partial charge in [0, 0.05) is 29.3 Å². The first-order chi connectivity index (χ1) is 10.6. The topological polar surface area (TPSA) is 76.4 Å².